The highest BCUT2D eigenvalue weighted by Crippen LogP contribution is 2.34. The van der Waals surface area contributed by atoms with Crippen LogP contribution in [0.25, 0.3) is 11.0 Å². The summed E-state index contributed by atoms with van der Waals surface area (Å²) in [6.07, 6.45) is 6.55. The normalized spacial score (nSPS) is 15.5. The molecule has 0 bridgehead atoms. The van der Waals surface area contributed by atoms with E-state index in [9.17, 15) is 0 Å². The Morgan fingerprint density at radius 2 is 1.74 bits per heavy atom. The number of fused-ring (bicyclic) bond motifs is 1. The number of hydrogen-bond donors (Lipinski definition) is 0. The molecule has 3 aromatic rings. The first-order valence-corrected chi connectivity index (χ1v) is 10.4. The Morgan fingerprint density at radius 1 is 1.00 bits per heavy atom. The summed E-state index contributed by atoms with van der Waals surface area (Å²) in [5.41, 5.74) is 3.62. The van der Waals surface area contributed by atoms with E-state index in [2.05, 4.69) is 66.9 Å². The third-order valence-electron chi connectivity index (χ3n) is 5.77. The van der Waals surface area contributed by atoms with Crippen molar-refractivity contribution in [1.82, 2.24) is 9.55 Å². The average molecular weight is 363 g/mol. The van der Waals surface area contributed by atoms with Gasteiger partial charge in [0.1, 0.15) is 18.2 Å². The van der Waals surface area contributed by atoms with Crippen LogP contribution in [0.15, 0.2) is 48.5 Å². The summed E-state index contributed by atoms with van der Waals surface area (Å²) in [7, 11) is 0. The number of aromatic nitrogens is 2. The Labute approximate surface area is 162 Å². The van der Waals surface area contributed by atoms with Gasteiger partial charge in [0, 0.05) is 5.92 Å². The molecule has 0 unspecified atom stereocenters. The third kappa shape index (κ3) is 3.87. The number of nitrogens with zero attached hydrogens (tertiary/aromatic N) is 2. The Hall–Kier alpha value is -2.29. The maximum Gasteiger partial charge on any atom is 0.122 e. The van der Waals surface area contributed by atoms with Gasteiger partial charge in [0.25, 0.3) is 0 Å². The molecule has 1 aromatic heterocycles. The highest BCUT2D eigenvalue weighted by Gasteiger charge is 2.22. The number of rotatable bonds is 6. The summed E-state index contributed by atoms with van der Waals surface area (Å²) < 4.78 is 8.62. The Kier molecular flexibility index (Phi) is 5.47. The fourth-order valence-corrected chi connectivity index (χ4v) is 4.34. The van der Waals surface area contributed by atoms with Gasteiger partial charge < -0.3 is 9.30 Å². The number of ether oxygens (including phenoxy) is 1. The van der Waals surface area contributed by atoms with Gasteiger partial charge >= 0.3 is 0 Å². The van der Waals surface area contributed by atoms with E-state index >= 15 is 0 Å². The SMILES string of the molecule is CC(C)c1ccccc1OCCn1c(C2CCCCC2)nc2ccccc21. The predicted octanol–water partition coefficient (Wildman–Crippen LogP) is 6.29. The van der Waals surface area contributed by atoms with Crippen molar-refractivity contribution in [1.29, 1.82) is 0 Å². The van der Waals surface area contributed by atoms with Crippen molar-refractivity contribution in [2.24, 2.45) is 0 Å². The summed E-state index contributed by atoms with van der Waals surface area (Å²) in [6.45, 7) is 5.95. The largest absolute Gasteiger partial charge is 0.491 e. The van der Waals surface area contributed by atoms with Crippen molar-refractivity contribution in [3.05, 3.63) is 59.9 Å². The van der Waals surface area contributed by atoms with Crippen molar-refractivity contribution >= 4 is 11.0 Å². The van der Waals surface area contributed by atoms with Crippen LogP contribution in [0, 0.1) is 0 Å². The quantitative estimate of drug-likeness (QED) is 0.515. The van der Waals surface area contributed by atoms with Gasteiger partial charge in [-0.1, -0.05) is 63.4 Å². The second kappa shape index (κ2) is 8.16. The van der Waals surface area contributed by atoms with Gasteiger partial charge in [-0.25, -0.2) is 4.98 Å². The fraction of sp³-hybridized carbons (Fsp3) is 0.458. The first-order chi connectivity index (χ1) is 13.2. The molecule has 4 rings (SSSR count). The maximum absolute atomic E-state index is 6.21. The van der Waals surface area contributed by atoms with E-state index in [4.69, 9.17) is 9.72 Å². The Balaban J connectivity index is 1.56. The molecule has 0 saturated heterocycles. The Morgan fingerprint density at radius 3 is 2.56 bits per heavy atom. The van der Waals surface area contributed by atoms with Crippen LogP contribution < -0.4 is 4.74 Å². The van der Waals surface area contributed by atoms with Crippen LogP contribution >= 0.6 is 0 Å². The molecule has 0 N–H and O–H groups in total. The van der Waals surface area contributed by atoms with Crippen LogP contribution in [0.1, 0.15) is 69.2 Å². The van der Waals surface area contributed by atoms with Crippen molar-refractivity contribution in [2.45, 2.75) is 64.3 Å². The predicted molar refractivity (Wildman–Crippen MR) is 112 cm³/mol. The summed E-state index contributed by atoms with van der Waals surface area (Å²) in [4.78, 5) is 5.02. The number of imidazole rings is 1. The van der Waals surface area contributed by atoms with Crippen LogP contribution in [0.2, 0.25) is 0 Å². The zero-order valence-corrected chi connectivity index (χ0v) is 16.5. The third-order valence-corrected chi connectivity index (χ3v) is 5.77. The average Bonchev–Trinajstić information content (AvgIpc) is 3.08. The van der Waals surface area contributed by atoms with Gasteiger partial charge in [-0.05, 0) is 42.5 Å². The monoisotopic (exact) mass is 362 g/mol. The van der Waals surface area contributed by atoms with E-state index in [1.165, 1.54) is 49.0 Å². The van der Waals surface area contributed by atoms with Crippen LogP contribution in [0.4, 0.5) is 0 Å². The lowest BCUT2D eigenvalue weighted by Gasteiger charge is -2.22. The summed E-state index contributed by atoms with van der Waals surface area (Å²) in [5.74, 6) is 3.33. The molecule has 1 aliphatic rings. The number of benzene rings is 2. The smallest absolute Gasteiger partial charge is 0.122 e. The highest BCUT2D eigenvalue weighted by molar-refractivity contribution is 5.76. The van der Waals surface area contributed by atoms with Gasteiger partial charge in [-0.2, -0.15) is 0 Å². The molecule has 3 heteroatoms. The number of para-hydroxylation sites is 3. The zero-order chi connectivity index (χ0) is 18.6. The van der Waals surface area contributed by atoms with E-state index in [-0.39, 0.29) is 0 Å². The van der Waals surface area contributed by atoms with Crippen LogP contribution in [-0.2, 0) is 6.54 Å². The Bertz CT molecular complexity index is 890. The molecular weight excluding hydrogens is 332 g/mol. The molecule has 2 aromatic carbocycles. The summed E-state index contributed by atoms with van der Waals surface area (Å²) >= 11 is 0. The molecule has 0 aliphatic heterocycles. The topological polar surface area (TPSA) is 27.1 Å². The van der Waals surface area contributed by atoms with E-state index in [0.29, 0.717) is 18.4 Å². The first kappa shape index (κ1) is 18.1. The van der Waals surface area contributed by atoms with Crippen LogP contribution in [-0.4, -0.2) is 16.2 Å². The lowest BCUT2D eigenvalue weighted by atomic mass is 9.88. The molecule has 1 fully saturated rings. The first-order valence-electron chi connectivity index (χ1n) is 10.4. The molecule has 142 valence electrons. The molecule has 0 spiro atoms. The minimum absolute atomic E-state index is 0.466. The van der Waals surface area contributed by atoms with Crippen molar-refractivity contribution in [3.63, 3.8) is 0 Å². The van der Waals surface area contributed by atoms with E-state index < -0.39 is 0 Å². The second-order valence-corrected chi connectivity index (χ2v) is 7.99. The summed E-state index contributed by atoms with van der Waals surface area (Å²) in [5, 5.41) is 0. The van der Waals surface area contributed by atoms with E-state index in [0.717, 1.165) is 17.8 Å². The van der Waals surface area contributed by atoms with Crippen LogP contribution in [0.3, 0.4) is 0 Å². The molecule has 1 saturated carbocycles. The van der Waals surface area contributed by atoms with Crippen molar-refractivity contribution < 1.29 is 4.74 Å². The second-order valence-electron chi connectivity index (χ2n) is 7.99. The van der Waals surface area contributed by atoms with Gasteiger partial charge in [-0.3, -0.25) is 0 Å². The van der Waals surface area contributed by atoms with Crippen molar-refractivity contribution in [3.8, 4) is 5.75 Å². The maximum atomic E-state index is 6.21. The molecule has 1 heterocycles. The molecule has 0 amide bonds. The van der Waals surface area contributed by atoms with Gasteiger partial charge in [0.05, 0.1) is 17.6 Å². The van der Waals surface area contributed by atoms with Gasteiger partial charge in [-0.15, -0.1) is 0 Å². The fourth-order valence-electron chi connectivity index (χ4n) is 4.34. The summed E-state index contributed by atoms with van der Waals surface area (Å²) in [6, 6.07) is 16.9. The molecule has 0 radical (unpaired) electrons. The highest BCUT2D eigenvalue weighted by atomic mass is 16.5. The molecular formula is C24H30N2O. The molecule has 0 atom stereocenters. The van der Waals surface area contributed by atoms with E-state index in [1.54, 1.807) is 0 Å². The molecule has 1 aliphatic carbocycles. The zero-order valence-electron chi connectivity index (χ0n) is 16.5. The molecule has 3 nitrogen and oxygen atoms in total. The van der Waals surface area contributed by atoms with Crippen LogP contribution in [0.5, 0.6) is 5.75 Å². The lowest BCUT2D eigenvalue weighted by Crippen LogP contribution is -2.16. The van der Waals surface area contributed by atoms with Gasteiger partial charge in [0.15, 0.2) is 0 Å². The van der Waals surface area contributed by atoms with Crippen molar-refractivity contribution in [2.75, 3.05) is 6.61 Å². The number of hydrogen-bond acceptors (Lipinski definition) is 2. The van der Waals surface area contributed by atoms with Gasteiger partial charge in [0.2, 0.25) is 0 Å². The molecule has 27 heavy (non-hydrogen) atoms. The minimum atomic E-state index is 0.466. The standard InChI is InChI=1S/C24H30N2O/c1-18(2)20-12-6-9-15-23(20)27-17-16-26-22-14-8-7-13-21(22)25-24(26)19-10-4-3-5-11-19/h6-9,12-15,18-19H,3-5,10-11,16-17H2,1-2H3. The lowest BCUT2D eigenvalue weighted by molar-refractivity contribution is 0.291. The van der Waals surface area contributed by atoms with E-state index in [1.807, 2.05) is 0 Å². The minimum Gasteiger partial charge on any atom is -0.491 e.